The summed E-state index contributed by atoms with van der Waals surface area (Å²) in [4.78, 5) is 0. The fraction of sp³-hybridized carbons (Fsp3) is 0.667. The highest BCUT2D eigenvalue weighted by atomic mass is 28.5. The molecule has 138 valence electrons. The third-order valence-corrected chi connectivity index (χ3v) is 20.4. The lowest BCUT2D eigenvalue weighted by Crippen LogP contribution is -2.72. The van der Waals surface area contributed by atoms with Gasteiger partial charge in [0.15, 0.2) is 0 Å². The number of rotatable bonds is 9. The summed E-state index contributed by atoms with van der Waals surface area (Å²) in [6.07, 6.45) is 3.01. The molecule has 0 amide bonds. The van der Waals surface area contributed by atoms with E-state index in [0.29, 0.717) is 16.6 Å². The predicted molar refractivity (Wildman–Crippen MR) is 110 cm³/mol. The Morgan fingerprint density at radius 1 is 0.625 bits per heavy atom. The quantitative estimate of drug-likeness (QED) is 0.459. The lowest BCUT2D eigenvalue weighted by atomic mass is 10.4. The van der Waals surface area contributed by atoms with Gasteiger partial charge in [-0.25, -0.2) is 0 Å². The van der Waals surface area contributed by atoms with E-state index in [1.165, 1.54) is 0 Å². The van der Waals surface area contributed by atoms with Crippen molar-refractivity contribution < 1.29 is 12.3 Å². The molecule has 3 nitrogen and oxygen atoms in total. The zero-order valence-corrected chi connectivity index (χ0v) is 19.4. The normalized spacial score (nSPS) is 37.2. The molecule has 0 aromatic rings. The minimum absolute atomic E-state index is 0.325. The molecule has 6 heteroatoms. The van der Waals surface area contributed by atoms with E-state index < -0.39 is 25.7 Å². The van der Waals surface area contributed by atoms with Gasteiger partial charge in [0.25, 0.3) is 0 Å². The van der Waals surface area contributed by atoms with Crippen LogP contribution in [0.25, 0.3) is 0 Å². The van der Waals surface area contributed by atoms with Crippen LogP contribution in [0.15, 0.2) is 36.8 Å². The van der Waals surface area contributed by atoms with Gasteiger partial charge in [-0.2, -0.15) is 0 Å². The third kappa shape index (κ3) is 3.64. The van der Waals surface area contributed by atoms with Crippen LogP contribution in [0.3, 0.4) is 0 Å². The van der Waals surface area contributed by atoms with Gasteiger partial charge in [-0.05, 0) is 0 Å². The molecule has 1 heterocycles. The van der Waals surface area contributed by atoms with Gasteiger partial charge in [0.1, 0.15) is 0 Å². The van der Waals surface area contributed by atoms with Gasteiger partial charge in [0, 0.05) is 16.6 Å². The van der Waals surface area contributed by atoms with Crippen LogP contribution in [0, 0.1) is 0 Å². The predicted octanol–water partition coefficient (Wildman–Crippen LogP) is 5.95. The van der Waals surface area contributed by atoms with Crippen LogP contribution in [0.4, 0.5) is 0 Å². The van der Waals surface area contributed by atoms with E-state index >= 15 is 0 Å². The highest BCUT2D eigenvalue weighted by molar-refractivity contribution is 7.00. The Kier molecular flexibility index (Phi) is 7.65. The maximum absolute atomic E-state index is 6.80. The lowest BCUT2D eigenvalue weighted by molar-refractivity contribution is 0.211. The van der Waals surface area contributed by atoms with Gasteiger partial charge in [0.05, 0.1) is 0 Å². The molecule has 1 saturated heterocycles. The molecule has 0 bridgehead atoms. The van der Waals surface area contributed by atoms with Crippen molar-refractivity contribution in [2.45, 2.75) is 77.4 Å². The molecule has 0 aromatic heterocycles. The van der Waals surface area contributed by atoms with E-state index in [2.05, 4.69) is 61.3 Å². The van der Waals surface area contributed by atoms with E-state index in [0.717, 1.165) is 19.3 Å². The molecule has 0 radical (unpaired) electrons. The summed E-state index contributed by atoms with van der Waals surface area (Å²) in [7, 11) is -7.83. The zero-order chi connectivity index (χ0) is 18.6. The average Bonchev–Trinajstić information content (AvgIpc) is 2.64. The van der Waals surface area contributed by atoms with E-state index in [4.69, 9.17) is 12.3 Å². The Bertz CT molecular complexity index is 394. The first-order chi connectivity index (χ1) is 11.2. The summed E-state index contributed by atoms with van der Waals surface area (Å²) in [5.41, 5.74) is 6.91. The topological polar surface area (TPSA) is 27.7 Å². The van der Waals surface area contributed by atoms with Crippen LogP contribution in [0.1, 0.15) is 60.8 Å². The van der Waals surface area contributed by atoms with Crippen molar-refractivity contribution in [3.63, 3.8) is 0 Å². The zero-order valence-electron chi connectivity index (χ0n) is 16.4. The van der Waals surface area contributed by atoms with Gasteiger partial charge < -0.3 is 12.3 Å². The van der Waals surface area contributed by atoms with Crippen molar-refractivity contribution in [3.05, 3.63) is 36.8 Å². The Labute approximate surface area is 152 Å². The van der Waals surface area contributed by atoms with Crippen LogP contribution in [-0.4, -0.2) is 25.7 Å². The molecular formula is C18H36O3Si3. The fourth-order valence-electron chi connectivity index (χ4n) is 3.12. The molecule has 1 fully saturated rings. The van der Waals surface area contributed by atoms with Crippen molar-refractivity contribution in [3.8, 4) is 0 Å². The maximum Gasteiger partial charge on any atom is 0.350 e. The summed E-state index contributed by atoms with van der Waals surface area (Å²) in [6.45, 7) is 25.6. The average molecular weight is 385 g/mol. The summed E-state index contributed by atoms with van der Waals surface area (Å²) >= 11 is 0. The lowest BCUT2D eigenvalue weighted by Gasteiger charge is -2.55. The smallest absolute Gasteiger partial charge is 0.350 e. The highest BCUT2D eigenvalue weighted by Crippen LogP contribution is 2.47. The van der Waals surface area contributed by atoms with Crippen LogP contribution in [-0.2, 0) is 12.3 Å². The van der Waals surface area contributed by atoms with Crippen LogP contribution in [0.2, 0.25) is 16.6 Å². The molecule has 24 heavy (non-hydrogen) atoms. The molecule has 1 rings (SSSR count). The van der Waals surface area contributed by atoms with Crippen molar-refractivity contribution in [2.75, 3.05) is 0 Å². The summed E-state index contributed by atoms with van der Waals surface area (Å²) in [5, 5.41) is 0. The first kappa shape index (κ1) is 21.8. The Balaban J connectivity index is 3.58. The molecule has 0 aliphatic carbocycles. The second kappa shape index (κ2) is 8.42. The van der Waals surface area contributed by atoms with E-state index in [-0.39, 0.29) is 0 Å². The first-order valence-corrected chi connectivity index (χ1v) is 15.2. The molecule has 1 aliphatic heterocycles. The minimum atomic E-state index is -2.61. The second-order valence-electron chi connectivity index (χ2n) is 7.01. The van der Waals surface area contributed by atoms with Crippen LogP contribution in [0.5, 0.6) is 0 Å². The highest BCUT2D eigenvalue weighted by Gasteiger charge is 2.63. The van der Waals surface area contributed by atoms with Gasteiger partial charge in [-0.3, -0.25) is 0 Å². The van der Waals surface area contributed by atoms with Crippen molar-refractivity contribution >= 4 is 25.7 Å². The third-order valence-electron chi connectivity index (χ3n) is 5.71. The van der Waals surface area contributed by atoms with Gasteiger partial charge in [0.2, 0.25) is 0 Å². The second-order valence-corrected chi connectivity index (χ2v) is 18.0. The molecule has 1 aliphatic rings. The fourth-order valence-corrected chi connectivity index (χ4v) is 20.5. The molecule has 0 saturated carbocycles. The molecule has 0 spiro atoms. The molecule has 3 unspecified atom stereocenters. The minimum Gasteiger partial charge on any atom is -0.409 e. The largest absolute Gasteiger partial charge is 0.409 e. The molecule has 0 N–H and O–H groups in total. The van der Waals surface area contributed by atoms with Crippen LogP contribution >= 0.6 is 0 Å². The van der Waals surface area contributed by atoms with E-state index in [1.807, 2.05) is 17.1 Å². The molecular weight excluding hydrogens is 348 g/mol. The summed E-state index contributed by atoms with van der Waals surface area (Å²) in [5.74, 6) is 0. The van der Waals surface area contributed by atoms with E-state index in [1.54, 1.807) is 0 Å². The Morgan fingerprint density at radius 3 is 0.958 bits per heavy atom. The standard InChI is InChI=1S/C18H36O3Si3/c1-10-16(7)22(13-4)19-23(14-5,17(8)11-2)21-24(15-6,20-22)18(9)12-3/h13-18H,4-6,10-12H2,1-3,7-9H3. The SMILES string of the molecule is C=C[Si]1(C(C)CC)O[Si](C=C)(C(C)CC)O[Si](C=C)(C(C)CC)O1. The maximum atomic E-state index is 6.80. The van der Waals surface area contributed by atoms with E-state index in [9.17, 15) is 0 Å². The van der Waals surface area contributed by atoms with Gasteiger partial charge in [-0.1, -0.05) is 77.9 Å². The monoisotopic (exact) mass is 384 g/mol. The van der Waals surface area contributed by atoms with Gasteiger partial charge in [-0.15, -0.1) is 19.7 Å². The molecule has 3 atom stereocenters. The Morgan fingerprint density at radius 2 is 0.833 bits per heavy atom. The van der Waals surface area contributed by atoms with Crippen molar-refractivity contribution in [1.82, 2.24) is 0 Å². The summed E-state index contributed by atoms with van der Waals surface area (Å²) in [6, 6.07) is 0. The first-order valence-electron chi connectivity index (χ1n) is 9.26. The van der Waals surface area contributed by atoms with Crippen molar-refractivity contribution in [1.29, 1.82) is 0 Å². The van der Waals surface area contributed by atoms with Gasteiger partial charge >= 0.3 is 25.7 Å². The molecule has 0 aromatic carbocycles. The van der Waals surface area contributed by atoms with Crippen LogP contribution < -0.4 is 0 Å². The Hall–Kier alpha value is -0.249. The number of hydrogen-bond acceptors (Lipinski definition) is 3. The summed E-state index contributed by atoms with van der Waals surface area (Å²) < 4.78 is 20.4. The number of hydrogen-bond donors (Lipinski definition) is 0. The van der Waals surface area contributed by atoms with Crippen molar-refractivity contribution in [2.24, 2.45) is 0 Å².